The Morgan fingerprint density at radius 1 is 0.638 bits per heavy atom. The van der Waals surface area contributed by atoms with E-state index in [0.717, 1.165) is 5.56 Å². The molecule has 58 heavy (non-hydrogen) atoms. The quantitative estimate of drug-likeness (QED) is 0.141. The molecular formula is C44H60N4O10. The van der Waals surface area contributed by atoms with E-state index in [-0.39, 0.29) is 24.3 Å². The van der Waals surface area contributed by atoms with Gasteiger partial charge in [-0.3, -0.25) is 24.1 Å². The van der Waals surface area contributed by atoms with Crippen LogP contribution >= 0.6 is 0 Å². The van der Waals surface area contributed by atoms with Crippen LogP contribution in [0.3, 0.4) is 0 Å². The molecule has 0 spiro atoms. The molecule has 0 heterocycles. The van der Waals surface area contributed by atoms with Crippen LogP contribution in [0.15, 0.2) is 72.8 Å². The van der Waals surface area contributed by atoms with Crippen molar-refractivity contribution < 1.29 is 48.4 Å². The van der Waals surface area contributed by atoms with Crippen LogP contribution in [-0.4, -0.2) is 127 Å². The van der Waals surface area contributed by atoms with Crippen molar-refractivity contribution in [3.63, 3.8) is 0 Å². The van der Waals surface area contributed by atoms with Crippen LogP contribution in [0, 0.1) is 11.8 Å². The third-order valence-electron chi connectivity index (χ3n) is 10.5. The maximum Gasteiger partial charge on any atom is 0.328 e. The van der Waals surface area contributed by atoms with Gasteiger partial charge in [0.15, 0.2) is 6.10 Å². The van der Waals surface area contributed by atoms with E-state index in [1.54, 1.807) is 83.3 Å². The Bertz CT molecular complexity index is 1820. The number of likely N-dealkylation sites (N-methyl/N-ethyl adjacent to an activating group) is 3. The molecule has 3 amide bonds. The van der Waals surface area contributed by atoms with Crippen molar-refractivity contribution in [2.24, 2.45) is 11.8 Å². The number of phenolic OH excluding ortho intramolecular Hbond substituents is 2. The summed E-state index contributed by atoms with van der Waals surface area (Å²) >= 11 is 0. The highest BCUT2D eigenvalue weighted by Crippen LogP contribution is 2.22. The highest BCUT2D eigenvalue weighted by molar-refractivity contribution is 5.95. The zero-order chi connectivity index (χ0) is 43.3. The second kappa shape index (κ2) is 21.8. The van der Waals surface area contributed by atoms with Crippen molar-refractivity contribution >= 4 is 29.7 Å². The minimum Gasteiger partial charge on any atom is -0.508 e. The van der Waals surface area contributed by atoms with E-state index in [1.807, 2.05) is 19.1 Å². The van der Waals surface area contributed by atoms with Crippen molar-refractivity contribution in [1.29, 1.82) is 0 Å². The molecule has 0 aliphatic carbocycles. The molecule has 0 bridgehead atoms. The number of nitrogens with one attached hydrogen (secondary N) is 1. The molecule has 0 aliphatic rings. The smallest absolute Gasteiger partial charge is 0.328 e. The molecule has 0 fully saturated rings. The summed E-state index contributed by atoms with van der Waals surface area (Å²) in [6.45, 7) is 7.18. The molecule has 0 saturated carbocycles. The number of rotatable bonds is 20. The van der Waals surface area contributed by atoms with Crippen LogP contribution in [0.4, 0.5) is 0 Å². The highest BCUT2D eigenvalue weighted by atomic mass is 16.6. The number of methoxy groups -OCH3 is 2. The second-order valence-electron chi connectivity index (χ2n) is 15.2. The number of ether oxygens (including phenoxy) is 3. The van der Waals surface area contributed by atoms with E-state index in [9.17, 15) is 34.2 Å². The predicted octanol–water partition coefficient (Wildman–Crippen LogP) is 3.99. The molecular weight excluding hydrogens is 745 g/mol. The summed E-state index contributed by atoms with van der Waals surface area (Å²) in [6.07, 6.45) is -0.341. The maximum atomic E-state index is 14.5. The lowest BCUT2D eigenvalue weighted by Gasteiger charge is -2.36. The molecule has 14 heteroatoms. The summed E-state index contributed by atoms with van der Waals surface area (Å²) < 4.78 is 16.3. The highest BCUT2D eigenvalue weighted by Gasteiger charge is 2.40. The van der Waals surface area contributed by atoms with Crippen molar-refractivity contribution in [3.8, 4) is 17.2 Å². The fourth-order valence-corrected chi connectivity index (χ4v) is 6.43. The normalized spacial score (nSPS) is 14.3. The Kier molecular flexibility index (Phi) is 17.5. The molecule has 1 unspecified atom stereocenters. The lowest BCUT2D eigenvalue weighted by Crippen LogP contribution is -2.59. The molecule has 0 saturated heterocycles. The van der Waals surface area contributed by atoms with E-state index < -0.39 is 71.8 Å². The van der Waals surface area contributed by atoms with Crippen LogP contribution in [-0.2, 0) is 52.7 Å². The Hall–Kier alpha value is -5.63. The monoisotopic (exact) mass is 804 g/mol. The first-order valence-corrected chi connectivity index (χ1v) is 19.4. The topological polar surface area (TPSA) is 175 Å². The fraction of sp³-hybridized carbons (Fsp3) is 0.477. The lowest BCUT2D eigenvalue weighted by molar-refractivity contribution is -0.164. The summed E-state index contributed by atoms with van der Waals surface area (Å²) in [5.74, 6) is -3.22. The van der Waals surface area contributed by atoms with Crippen LogP contribution in [0.2, 0.25) is 0 Å². The maximum absolute atomic E-state index is 14.5. The molecule has 0 radical (unpaired) electrons. The fourth-order valence-electron chi connectivity index (χ4n) is 6.43. The minimum atomic E-state index is -1.23. The molecule has 6 atom stereocenters. The van der Waals surface area contributed by atoms with E-state index in [4.69, 9.17) is 14.2 Å². The number of aromatic hydroxyl groups is 2. The number of esters is 2. The van der Waals surface area contributed by atoms with Gasteiger partial charge in [0.1, 0.15) is 41.4 Å². The van der Waals surface area contributed by atoms with Crippen molar-refractivity contribution in [1.82, 2.24) is 20.0 Å². The zero-order valence-corrected chi connectivity index (χ0v) is 35.3. The van der Waals surface area contributed by atoms with Gasteiger partial charge in [0, 0.05) is 32.9 Å². The molecule has 0 aliphatic heterocycles. The molecule has 3 rings (SSSR count). The molecule has 316 valence electrons. The third kappa shape index (κ3) is 12.7. The number of hydrogen-bond acceptors (Lipinski definition) is 11. The van der Waals surface area contributed by atoms with Gasteiger partial charge in [0.25, 0.3) is 5.91 Å². The molecule has 3 aromatic carbocycles. The van der Waals surface area contributed by atoms with Gasteiger partial charge < -0.3 is 39.5 Å². The number of carbonyl (C=O) groups excluding carboxylic acids is 5. The summed E-state index contributed by atoms with van der Waals surface area (Å²) in [7, 11) is 9.21. The number of benzene rings is 3. The standard InChI is InChI=1S/C44H60N4O10/c1-11-28(4)39(58-44(55)36(46(5)6)25-31-16-22-34(56-9)23-17-31)40(51)45-38(27(2)3)42(53)47(7)35(24-29-12-18-32(49)19-13-29)41(52)48(8)37(43(54)57-10)26-30-14-20-33(50)21-15-30/h12-23,27-28,35-39,49-50H,11,24-26H2,1-10H3,(H,45,51)/t28-,35?,36-,37+,38+,39+/m1/s1. The van der Waals surface area contributed by atoms with E-state index in [0.29, 0.717) is 29.7 Å². The van der Waals surface area contributed by atoms with Gasteiger partial charge in [-0.15, -0.1) is 0 Å². The number of amides is 3. The largest absolute Gasteiger partial charge is 0.508 e. The van der Waals surface area contributed by atoms with Crippen molar-refractivity contribution in [2.45, 2.75) is 83.6 Å². The van der Waals surface area contributed by atoms with Gasteiger partial charge >= 0.3 is 11.9 Å². The first-order chi connectivity index (χ1) is 27.4. The van der Waals surface area contributed by atoms with Gasteiger partial charge in [-0.05, 0) is 85.9 Å². The Balaban J connectivity index is 1.92. The van der Waals surface area contributed by atoms with E-state index >= 15 is 0 Å². The number of phenols is 2. The summed E-state index contributed by atoms with van der Waals surface area (Å²) in [5, 5.41) is 22.6. The Morgan fingerprint density at radius 2 is 1.09 bits per heavy atom. The summed E-state index contributed by atoms with van der Waals surface area (Å²) in [5.41, 5.74) is 2.15. The Labute approximate surface area is 342 Å². The molecule has 0 aromatic heterocycles. The molecule has 3 aromatic rings. The predicted molar refractivity (Wildman–Crippen MR) is 219 cm³/mol. The van der Waals surface area contributed by atoms with Crippen LogP contribution in [0.25, 0.3) is 0 Å². The van der Waals surface area contributed by atoms with E-state index in [2.05, 4.69) is 5.32 Å². The SMILES string of the molecule is CC[C@@H](C)[C@H](OC(=O)[C@@H](Cc1ccc(OC)cc1)N(C)C)C(=O)N[C@H](C(=O)N(C)C(Cc1ccc(O)cc1)C(=O)N(C)[C@@H](Cc1ccc(O)cc1)C(=O)OC)C(C)C. The first kappa shape index (κ1) is 46.8. The van der Waals surface area contributed by atoms with Crippen molar-refractivity contribution in [3.05, 3.63) is 89.5 Å². The number of hydrogen-bond donors (Lipinski definition) is 3. The Morgan fingerprint density at radius 3 is 1.52 bits per heavy atom. The molecule has 14 nitrogen and oxygen atoms in total. The second-order valence-corrected chi connectivity index (χ2v) is 15.2. The number of carbonyl (C=O) groups is 5. The average Bonchev–Trinajstić information content (AvgIpc) is 3.21. The summed E-state index contributed by atoms with van der Waals surface area (Å²) in [6, 6.07) is 15.6. The lowest BCUT2D eigenvalue weighted by atomic mass is 9.96. The summed E-state index contributed by atoms with van der Waals surface area (Å²) in [4.78, 5) is 74.2. The molecule has 3 N–H and O–H groups in total. The van der Waals surface area contributed by atoms with Gasteiger partial charge in [-0.25, -0.2) is 4.79 Å². The zero-order valence-electron chi connectivity index (χ0n) is 35.3. The van der Waals surface area contributed by atoms with Crippen LogP contribution < -0.4 is 10.1 Å². The third-order valence-corrected chi connectivity index (χ3v) is 10.5. The first-order valence-electron chi connectivity index (χ1n) is 19.4. The van der Waals surface area contributed by atoms with Crippen LogP contribution in [0.5, 0.6) is 17.2 Å². The van der Waals surface area contributed by atoms with Gasteiger partial charge in [0.2, 0.25) is 11.8 Å². The van der Waals surface area contributed by atoms with Crippen LogP contribution in [0.1, 0.15) is 50.8 Å². The minimum absolute atomic E-state index is 0.00475. The van der Waals surface area contributed by atoms with Gasteiger partial charge in [-0.1, -0.05) is 64.1 Å². The van der Waals surface area contributed by atoms with Gasteiger partial charge in [-0.2, -0.15) is 0 Å². The van der Waals surface area contributed by atoms with E-state index in [1.165, 1.54) is 55.3 Å². The number of nitrogens with zero attached hydrogens (tertiary/aromatic N) is 3. The average molecular weight is 805 g/mol. The van der Waals surface area contributed by atoms with Gasteiger partial charge in [0.05, 0.1) is 14.2 Å². The van der Waals surface area contributed by atoms with Crippen molar-refractivity contribution in [2.75, 3.05) is 42.4 Å².